The predicted molar refractivity (Wildman–Crippen MR) is 115 cm³/mol. The molecule has 2 atom stereocenters. The maximum absolute atomic E-state index is 14.6. The van der Waals surface area contributed by atoms with E-state index in [2.05, 4.69) is 25.6 Å². The van der Waals surface area contributed by atoms with E-state index < -0.39 is 11.7 Å². The summed E-state index contributed by atoms with van der Waals surface area (Å²) in [5.41, 5.74) is 12.9. The van der Waals surface area contributed by atoms with Crippen LogP contribution < -0.4 is 22.1 Å². The number of carbonyl (C=O) groups excluding carboxylic acids is 1. The molecule has 3 heterocycles. The van der Waals surface area contributed by atoms with Crippen LogP contribution in [0.2, 0.25) is 0 Å². The van der Waals surface area contributed by atoms with Crippen molar-refractivity contribution >= 4 is 34.6 Å². The lowest BCUT2D eigenvalue weighted by molar-refractivity contribution is 0.100. The lowest BCUT2D eigenvalue weighted by atomic mass is 9.91. The maximum atomic E-state index is 14.6. The molecule has 1 fully saturated rings. The van der Waals surface area contributed by atoms with Gasteiger partial charge in [0.05, 0.1) is 17.4 Å². The highest BCUT2D eigenvalue weighted by Gasteiger charge is 2.24. The predicted octanol–water partition coefficient (Wildman–Crippen LogP) is 3.26. The fourth-order valence-corrected chi connectivity index (χ4v) is 4.14. The lowest BCUT2D eigenvalue weighted by Gasteiger charge is -2.30. The quantitative estimate of drug-likeness (QED) is 0.475. The third-order valence-electron chi connectivity index (χ3n) is 5.06. The third-order valence-corrected chi connectivity index (χ3v) is 5.89. The van der Waals surface area contributed by atoms with E-state index in [0.717, 1.165) is 42.3 Å². The van der Waals surface area contributed by atoms with Crippen molar-refractivity contribution in [1.82, 2.24) is 15.0 Å². The van der Waals surface area contributed by atoms with Gasteiger partial charge in [0.2, 0.25) is 0 Å². The molecule has 1 saturated carbocycles. The second-order valence-electron chi connectivity index (χ2n) is 7.20. The molecule has 3 aromatic rings. The third kappa shape index (κ3) is 4.39. The van der Waals surface area contributed by atoms with Crippen molar-refractivity contribution in [2.24, 2.45) is 11.5 Å². The van der Waals surface area contributed by atoms with Crippen molar-refractivity contribution in [1.29, 1.82) is 0 Å². The molecule has 8 nitrogen and oxygen atoms in total. The van der Waals surface area contributed by atoms with Crippen LogP contribution in [0.3, 0.4) is 0 Å². The van der Waals surface area contributed by atoms with Crippen LogP contribution in [0, 0.1) is 5.82 Å². The number of anilines is 3. The number of pyridine rings is 2. The van der Waals surface area contributed by atoms with Crippen LogP contribution in [0.5, 0.6) is 0 Å². The molecule has 1 aliphatic rings. The topological polar surface area (TPSA) is 132 Å². The molecule has 2 unspecified atom stereocenters. The number of hydrogen-bond acceptors (Lipinski definition) is 8. The van der Waals surface area contributed by atoms with Crippen LogP contribution >= 0.6 is 11.3 Å². The molecule has 0 aromatic carbocycles. The molecule has 156 valence electrons. The Bertz CT molecular complexity index is 1040. The van der Waals surface area contributed by atoms with Gasteiger partial charge >= 0.3 is 0 Å². The van der Waals surface area contributed by atoms with Crippen LogP contribution in [0.25, 0.3) is 10.6 Å². The van der Waals surface area contributed by atoms with Crippen LogP contribution in [-0.4, -0.2) is 32.9 Å². The van der Waals surface area contributed by atoms with E-state index >= 15 is 0 Å². The average Bonchev–Trinajstić information content (AvgIpc) is 3.27. The fraction of sp³-hybridized carbons (Fsp3) is 0.300. The van der Waals surface area contributed by atoms with Gasteiger partial charge in [-0.2, -0.15) is 0 Å². The van der Waals surface area contributed by atoms with E-state index in [4.69, 9.17) is 11.5 Å². The van der Waals surface area contributed by atoms with Gasteiger partial charge in [-0.25, -0.2) is 14.4 Å². The molecule has 6 N–H and O–H groups in total. The average molecular weight is 428 g/mol. The second-order valence-corrected chi connectivity index (χ2v) is 8.10. The van der Waals surface area contributed by atoms with Crippen molar-refractivity contribution in [2.45, 2.75) is 37.8 Å². The highest BCUT2D eigenvalue weighted by molar-refractivity contribution is 7.13. The monoisotopic (exact) mass is 427 g/mol. The lowest BCUT2D eigenvalue weighted by Crippen LogP contribution is -2.43. The van der Waals surface area contributed by atoms with Gasteiger partial charge in [0.25, 0.3) is 5.91 Å². The summed E-state index contributed by atoms with van der Waals surface area (Å²) >= 11 is 1.48. The zero-order valence-corrected chi connectivity index (χ0v) is 17.0. The Hall–Kier alpha value is -3.11. The minimum absolute atomic E-state index is 0.0360. The maximum Gasteiger partial charge on any atom is 0.252 e. The van der Waals surface area contributed by atoms with Gasteiger partial charge in [0, 0.05) is 35.4 Å². The molecular weight excluding hydrogens is 405 g/mol. The molecule has 0 spiro atoms. The summed E-state index contributed by atoms with van der Waals surface area (Å²) < 4.78 is 14.6. The first-order valence-corrected chi connectivity index (χ1v) is 10.5. The Morgan fingerprint density at radius 3 is 2.77 bits per heavy atom. The number of nitrogens with one attached hydrogen (secondary N) is 2. The Labute approximate surface area is 177 Å². The summed E-state index contributed by atoms with van der Waals surface area (Å²) in [7, 11) is 0. The minimum Gasteiger partial charge on any atom is -0.365 e. The van der Waals surface area contributed by atoms with E-state index in [1.165, 1.54) is 11.3 Å². The molecule has 0 aliphatic heterocycles. The highest BCUT2D eigenvalue weighted by Crippen LogP contribution is 2.28. The first-order chi connectivity index (χ1) is 14.5. The Morgan fingerprint density at radius 1 is 1.20 bits per heavy atom. The van der Waals surface area contributed by atoms with Crippen molar-refractivity contribution in [3.63, 3.8) is 0 Å². The summed E-state index contributed by atoms with van der Waals surface area (Å²) in [5.74, 6) is -1.25. The second kappa shape index (κ2) is 8.72. The number of amides is 1. The molecule has 3 aromatic heterocycles. The fourth-order valence-electron chi connectivity index (χ4n) is 3.52. The number of carbonyl (C=O) groups is 1. The van der Waals surface area contributed by atoms with Crippen molar-refractivity contribution in [2.75, 3.05) is 10.6 Å². The van der Waals surface area contributed by atoms with Crippen LogP contribution in [0.15, 0.2) is 36.1 Å². The van der Waals surface area contributed by atoms with Crippen LogP contribution in [0.4, 0.5) is 21.7 Å². The normalized spacial score (nSPS) is 18.7. The van der Waals surface area contributed by atoms with Gasteiger partial charge in [-0.15, -0.1) is 11.3 Å². The Kier molecular flexibility index (Phi) is 5.86. The van der Waals surface area contributed by atoms with Crippen LogP contribution in [-0.2, 0) is 0 Å². The number of hydrogen-bond donors (Lipinski definition) is 4. The summed E-state index contributed by atoms with van der Waals surface area (Å²) in [6, 6.07) is 2.76. The van der Waals surface area contributed by atoms with E-state index in [1.807, 2.05) is 11.4 Å². The number of rotatable bonds is 6. The molecule has 30 heavy (non-hydrogen) atoms. The first-order valence-electron chi connectivity index (χ1n) is 9.65. The standard InChI is InChI=1S/C20H22FN7OS/c21-14-8-13(17(23)29)18(28-19(14)27-16-4-2-1-3-15(16)22)26-12-7-11(9-24-10-12)20-25-5-6-30-20/h5-10,15-16H,1-4,22H2,(H2,23,29)(H2,26,27,28). The van der Waals surface area contributed by atoms with Gasteiger partial charge < -0.3 is 22.1 Å². The summed E-state index contributed by atoms with van der Waals surface area (Å²) in [5, 5.41) is 8.81. The number of nitrogens with two attached hydrogens (primary N) is 2. The summed E-state index contributed by atoms with van der Waals surface area (Å²) in [6.45, 7) is 0. The number of primary amides is 1. The Balaban J connectivity index is 1.64. The first kappa shape index (κ1) is 20.2. The van der Waals surface area contributed by atoms with Gasteiger partial charge in [0.15, 0.2) is 11.6 Å². The molecule has 1 amide bonds. The van der Waals surface area contributed by atoms with E-state index in [0.29, 0.717) is 5.69 Å². The number of halogens is 1. The minimum atomic E-state index is -0.783. The summed E-state index contributed by atoms with van der Waals surface area (Å²) in [4.78, 5) is 24.7. The smallest absolute Gasteiger partial charge is 0.252 e. The molecular formula is C20H22FN7OS. The number of nitrogens with zero attached hydrogens (tertiary/aromatic N) is 3. The zero-order valence-electron chi connectivity index (χ0n) is 16.1. The molecule has 0 bridgehead atoms. The molecule has 0 radical (unpaired) electrons. The van der Waals surface area contributed by atoms with Crippen molar-refractivity contribution in [3.8, 4) is 10.6 Å². The molecule has 10 heteroatoms. The van der Waals surface area contributed by atoms with Crippen LogP contribution in [0.1, 0.15) is 36.0 Å². The SMILES string of the molecule is NC(=O)c1cc(F)c(NC2CCCCC2N)nc1Nc1cncc(-c2nccs2)c1. The highest BCUT2D eigenvalue weighted by atomic mass is 32.1. The largest absolute Gasteiger partial charge is 0.365 e. The zero-order chi connectivity index (χ0) is 21.1. The van der Waals surface area contributed by atoms with Gasteiger partial charge in [0.1, 0.15) is 10.8 Å². The summed E-state index contributed by atoms with van der Waals surface area (Å²) in [6.07, 6.45) is 8.77. The van der Waals surface area contributed by atoms with Gasteiger partial charge in [-0.1, -0.05) is 12.8 Å². The van der Waals surface area contributed by atoms with Crippen molar-refractivity contribution < 1.29 is 9.18 Å². The van der Waals surface area contributed by atoms with Gasteiger partial charge in [-0.3, -0.25) is 9.78 Å². The Morgan fingerprint density at radius 2 is 2.03 bits per heavy atom. The van der Waals surface area contributed by atoms with Crippen molar-refractivity contribution in [3.05, 3.63) is 47.5 Å². The van der Waals surface area contributed by atoms with E-state index in [1.54, 1.807) is 18.6 Å². The number of aromatic nitrogens is 3. The van der Waals surface area contributed by atoms with Gasteiger partial charge in [-0.05, 0) is 25.0 Å². The number of thiazole rings is 1. The molecule has 1 aliphatic carbocycles. The van der Waals surface area contributed by atoms with E-state index in [9.17, 15) is 9.18 Å². The molecule has 0 saturated heterocycles. The molecule has 4 rings (SSSR count). The van der Waals surface area contributed by atoms with E-state index in [-0.39, 0.29) is 29.3 Å².